The zero-order chi connectivity index (χ0) is 13.9. The summed E-state index contributed by atoms with van der Waals surface area (Å²) in [5.74, 6) is -0.831. The molecule has 2 fully saturated rings. The molecule has 19 heavy (non-hydrogen) atoms. The lowest BCUT2D eigenvalue weighted by atomic mass is 9.96. The van der Waals surface area contributed by atoms with Crippen molar-refractivity contribution in [2.45, 2.75) is 56.3 Å². The molecule has 1 aliphatic carbocycles. The van der Waals surface area contributed by atoms with E-state index in [-0.39, 0.29) is 11.6 Å². The number of hydrogen-bond donors (Lipinski definition) is 2. The van der Waals surface area contributed by atoms with Crippen molar-refractivity contribution in [2.75, 3.05) is 27.2 Å². The summed E-state index contributed by atoms with van der Waals surface area (Å²) in [5.41, 5.74) is 0.283. The van der Waals surface area contributed by atoms with E-state index in [1.807, 2.05) is 0 Å². The Morgan fingerprint density at radius 2 is 2.05 bits per heavy atom. The number of aliphatic carboxylic acids is 1. The zero-order valence-electron chi connectivity index (χ0n) is 12.0. The lowest BCUT2D eigenvalue weighted by molar-refractivity contribution is -0.149. The highest BCUT2D eigenvalue weighted by atomic mass is 16.5. The van der Waals surface area contributed by atoms with Gasteiger partial charge in [-0.3, -0.25) is 0 Å². The number of carboxylic acid groups (broad SMARTS) is 1. The number of hydrogen-bond acceptors (Lipinski definition) is 4. The summed E-state index contributed by atoms with van der Waals surface area (Å²) in [6.07, 6.45) is 6.05. The Morgan fingerprint density at radius 3 is 2.58 bits per heavy atom. The Hall–Kier alpha value is -0.650. The third-order valence-electron chi connectivity index (χ3n) is 4.69. The van der Waals surface area contributed by atoms with E-state index in [2.05, 4.69) is 24.3 Å². The van der Waals surface area contributed by atoms with Gasteiger partial charge in [-0.15, -0.1) is 0 Å². The minimum Gasteiger partial charge on any atom is -0.479 e. The van der Waals surface area contributed by atoms with Crippen LogP contribution in [0.1, 0.15) is 38.5 Å². The fraction of sp³-hybridized carbons (Fsp3) is 0.929. The van der Waals surface area contributed by atoms with E-state index in [0.717, 1.165) is 19.5 Å². The molecule has 0 aromatic carbocycles. The van der Waals surface area contributed by atoms with Crippen molar-refractivity contribution in [3.8, 4) is 0 Å². The van der Waals surface area contributed by atoms with Crippen LogP contribution in [0.25, 0.3) is 0 Å². The van der Waals surface area contributed by atoms with Gasteiger partial charge in [-0.1, -0.05) is 12.8 Å². The maximum atomic E-state index is 10.8. The van der Waals surface area contributed by atoms with Crippen LogP contribution < -0.4 is 5.32 Å². The second kappa shape index (κ2) is 6.20. The molecule has 2 rings (SSSR count). The van der Waals surface area contributed by atoms with Gasteiger partial charge in [0.1, 0.15) is 0 Å². The SMILES string of the molecule is CN(C)C1(CNCC2CCC(C(=O)O)O2)CCCC1. The number of ether oxygens (including phenoxy) is 1. The van der Waals surface area contributed by atoms with Crippen LogP contribution in [0.5, 0.6) is 0 Å². The summed E-state index contributed by atoms with van der Waals surface area (Å²) < 4.78 is 5.51. The van der Waals surface area contributed by atoms with E-state index in [1.165, 1.54) is 25.7 Å². The van der Waals surface area contributed by atoms with Crippen molar-refractivity contribution in [3.05, 3.63) is 0 Å². The Bertz CT molecular complexity index is 314. The maximum absolute atomic E-state index is 10.8. The summed E-state index contributed by atoms with van der Waals surface area (Å²) in [5, 5.41) is 12.4. The molecule has 5 heteroatoms. The van der Waals surface area contributed by atoms with E-state index >= 15 is 0 Å². The van der Waals surface area contributed by atoms with Gasteiger partial charge in [0, 0.05) is 18.6 Å². The molecule has 2 N–H and O–H groups in total. The minimum absolute atomic E-state index is 0.0571. The molecule has 0 aromatic rings. The number of likely N-dealkylation sites (N-methyl/N-ethyl adjacent to an activating group) is 1. The van der Waals surface area contributed by atoms with E-state index in [0.29, 0.717) is 6.42 Å². The minimum atomic E-state index is -0.831. The Morgan fingerprint density at radius 1 is 1.37 bits per heavy atom. The molecule has 1 saturated heterocycles. The van der Waals surface area contributed by atoms with Gasteiger partial charge in [0.15, 0.2) is 6.10 Å². The zero-order valence-corrected chi connectivity index (χ0v) is 12.0. The molecule has 1 aliphatic heterocycles. The highest BCUT2D eigenvalue weighted by Crippen LogP contribution is 2.33. The molecule has 2 unspecified atom stereocenters. The molecule has 0 amide bonds. The number of nitrogens with one attached hydrogen (secondary N) is 1. The smallest absolute Gasteiger partial charge is 0.332 e. The highest BCUT2D eigenvalue weighted by Gasteiger charge is 2.36. The van der Waals surface area contributed by atoms with Gasteiger partial charge in [-0.05, 0) is 39.8 Å². The van der Waals surface area contributed by atoms with E-state index in [9.17, 15) is 4.79 Å². The van der Waals surface area contributed by atoms with Crippen LogP contribution in [0.2, 0.25) is 0 Å². The van der Waals surface area contributed by atoms with Crippen molar-refractivity contribution < 1.29 is 14.6 Å². The van der Waals surface area contributed by atoms with Gasteiger partial charge < -0.3 is 20.1 Å². The number of carboxylic acids is 1. The lowest BCUT2D eigenvalue weighted by Crippen LogP contribution is -2.50. The Labute approximate surface area is 115 Å². The van der Waals surface area contributed by atoms with Gasteiger partial charge in [-0.25, -0.2) is 4.79 Å². The summed E-state index contributed by atoms with van der Waals surface area (Å²) in [4.78, 5) is 13.2. The molecule has 0 radical (unpaired) electrons. The second-order valence-corrected chi connectivity index (χ2v) is 6.12. The van der Waals surface area contributed by atoms with Gasteiger partial charge in [0.2, 0.25) is 0 Å². The topological polar surface area (TPSA) is 61.8 Å². The first-order valence-corrected chi connectivity index (χ1v) is 7.30. The van der Waals surface area contributed by atoms with Gasteiger partial charge in [0.05, 0.1) is 6.10 Å². The highest BCUT2D eigenvalue weighted by molar-refractivity contribution is 5.72. The van der Waals surface area contributed by atoms with E-state index < -0.39 is 12.1 Å². The van der Waals surface area contributed by atoms with E-state index in [4.69, 9.17) is 9.84 Å². The van der Waals surface area contributed by atoms with Crippen LogP contribution in [0.15, 0.2) is 0 Å². The Balaban J connectivity index is 1.73. The van der Waals surface area contributed by atoms with Crippen molar-refractivity contribution in [1.82, 2.24) is 10.2 Å². The summed E-state index contributed by atoms with van der Waals surface area (Å²) in [7, 11) is 4.30. The molecule has 110 valence electrons. The van der Waals surface area contributed by atoms with Crippen molar-refractivity contribution in [1.29, 1.82) is 0 Å². The average molecular weight is 270 g/mol. The molecule has 1 saturated carbocycles. The van der Waals surface area contributed by atoms with E-state index in [1.54, 1.807) is 0 Å². The third-order valence-corrected chi connectivity index (χ3v) is 4.69. The average Bonchev–Trinajstić information content (AvgIpc) is 2.98. The summed E-state index contributed by atoms with van der Waals surface area (Å²) >= 11 is 0. The molecule has 1 heterocycles. The maximum Gasteiger partial charge on any atom is 0.332 e. The van der Waals surface area contributed by atoms with Crippen LogP contribution in [0.4, 0.5) is 0 Å². The molecule has 5 nitrogen and oxygen atoms in total. The van der Waals surface area contributed by atoms with Crippen molar-refractivity contribution in [3.63, 3.8) is 0 Å². The van der Waals surface area contributed by atoms with Crippen molar-refractivity contribution in [2.24, 2.45) is 0 Å². The lowest BCUT2D eigenvalue weighted by Gasteiger charge is -2.37. The largest absolute Gasteiger partial charge is 0.479 e. The molecule has 2 atom stereocenters. The van der Waals surface area contributed by atoms with Crippen molar-refractivity contribution >= 4 is 5.97 Å². The molecule has 0 bridgehead atoms. The first-order valence-electron chi connectivity index (χ1n) is 7.30. The van der Waals surface area contributed by atoms with Crippen LogP contribution >= 0.6 is 0 Å². The van der Waals surface area contributed by atoms with Gasteiger partial charge in [0.25, 0.3) is 0 Å². The standard InChI is InChI=1S/C14H26N2O3/c1-16(2)14(7-3-4-8-14)10-15-9-11-5-6-12(19-11)13(17)18/h11-12,15H,3-10H2,1-2H3,(H,17,18). The van der Waals surface area contributed by atoms with Crippen LogP contribution in [0, 0.1) is 0 Å². The predicted octanol–water partition coefficient (Wildman–Crippen LogP) is 1.08. The number of rotatable bonds is 6. The monoisotopic (exact) mass is 270 g/mol. The molecule has 0 spiro atoms. The quantitative estimate of drug-likeness (QED) is 0.756. The summed E-state index contributed by atoms with van der Waals surface area (Å²) in [6.45, 7) is 1.73. The molecular formula is C14H26N2O3. The van der Waals surface area contributed by atoms with Crippen LogP contribution in [0.3, 0.4) is 0 Å². The second-order valence-electron chi connectivity index (χ2n) is 6.12. The molecule has 0 aromatic heterocycles. The van der Waals surface area contributed by atoms with Gasteiger partial charge >= 0.3 is 5.97 Å². The summed E-state index contributed by atoms with van der Waals surface area (Å²) in [6, 6.07) is 0. The first kappa shape index (κ1) is 14.8. The number of carbonyl (C=O) groups is 1. The third kappa shape index (κ3) is 3.46. The van der Waals surface area contributed by atoms with Crippen LogP contribution in [-0.4, -0.2) is 60.9 Å². The molecular weight excluding hydrogens is 244 g/mol. The fourth-order valence-corrected chi connectivity index (χ4v) is 3.32. The fourth-order valence-electron chi connectivity index (χ4n) is 3.32. The number of nitrogens with zero attached hydrogens (tertiary/aromatic N) is 1. The first-order chi connectivity index (χ1) is 9.03. The Kier molecular flexibility index (Phi) is 4.81. The predicted molar refractivity (Wildman–Crippen MR) is 73.3 cm³/mol. The normalized spacial score (nSPS) is 30.1. The van der Waals surface area contributed by atoms with Crippen LogP contribution in [-0.2, 0) is 9.53 Å². The molecule has 2 aliphatic rings. The van der Waals surface area contributed by atoms with Gasteiger partial charge in [-0.2, -0.15) is 0 Å².